The van der Waals surface area contributed by atoms with Crippen LogP contribution in [-0.2, 0) is 4.79 Å². The number of nitrogens with one attached hydrogen (secondary N) is 1. The van der Waals surface area contributed by atoms with Gasteiger partial charge in [0.25, 0.3) is 0 Å². The first-order valence-electron chi connectivity index (χ1n) is 8.50. The molecule has 1 amide bonds. The maximum absolute atomic E-state index is 12.0. The summed E-state index contributed by atoms with van der Waals surface area (Å²) in [5.41, 5.74) is 0.961. The van der Waals surface area contributed by atoms with Crippen LogP contribution in [0.25, 0.3) is 0 Å². The number of pyridine rings is 1. The van der Waals surface area contributed by atoms with Crippen molar-refractivity contribution in [3.05, 3.63) is 60.3 Å². The summed E-state index contributed by atoms with van der Waals surface area (Å²) in [6.07, 6.45) is 1.81. The number of rotatable bonds is 4. The van der Waals surface area contributed by atoms with Crippen molar-refractivity contribution >= 4 is 11.7 Å². The van der Waals surface area contributed by atoms with Crippen LogP contribution in [0.1, 0.15) is 5.56 Å². The van der Waals surface area contributed by atoms with Gasteiger partial charge in [-0.05, 0) is 24.3 Å². The number of carbonyl (C=O) groups is 1. The van der Waals surface area contributed by atoms with E-state index in [-0.39, 0.29) is 5.91 Å². The smallest absolute Gasteiger partial charge is 0.234 e. The van der Waals surface area contributed by atoms with Gasteiger partial charge in [-0.2, -0.15) is 0 Å². The van der Waals surface area contributed by atoms with Crippen molar-refractivity contribution < 1.29 is 4.79 Å². The fraction of sp³-hybridized carbons (Fsp3) is 0.300. The average Bonchev–Trinajstić information content (AvgIpc) is 2.67. The molecule has 0 atom stereocenters. The molecule has 2 heterocycles. The number of piperazine rings is 1. The molecule has 0 radical (unpaired) electrons. The molecule has 1 aromatic carbocycles. The lowest BCUT2D eigenvalue weighted by Crippen LogP contribution is -2.49. The molecule has 2 aromatic rings. The minimum atomic E-state index is 0.0219. The number of benzene rings is 1. The van der Waals surface area contributed by atoms with E-state index in [9.17, 15) is 4.79 Å². The third-order valence-electron chi connectivity index (χ3n) is 4.09. The number of amides is 1. The van der Waals surface area contributed by atoms with Gasteiger partial charge in [0, 0.05) is 37.9 Å². The van der Waals surface area contributed by atoms with E-state index in [1.165, 1.54) is 0 Å². The van der Waals surface area contributed by atoms with E-state index in [1.54, 1.807) is 0 Å². The van der Waals surface area contributed by atoms with Gasteiger partial charge in [-0.15, -0.1) is 0 Å². The molecule has 1 aliphatic rings. The Labute approximate surface area is 148 Å². The fourth-order valence-electron chi connectivity index (χ4n) is 2.75. The number of carbonyl (C=O) groups excluding carboxylic acids is 1. The van der Waals surface area contributed by atoms with Crippen molar-refractivity contribution in [2.45, 2.75) is 0 Å². The second-order valence-corrected chi connectivity index (χ2v) is 5.90. The molecule has 1 N–H and O–H groups in total. The Morgan fingerprint density at radius 2 is 1.80 bits per heavy atom. The lowest BCUT2D eigenvalue weighted by Gasteiger charge is -2.34. The molecule has 5 nitrogen and oxygen atoms in total. The van der Waals surface area contributed by atoms with E-state index < -0.39 is 0 Å². The summed E-state index contributed by atoms with van der Waals surface area (Å²) >= 11 is 0. The lowest BCUT2D eigenvalue weighted by atomic mass is 10.2. The van der Waals surface area contributed by atoms with Crippen LogP contribution in [0.4, 0.5) is 5.82 Å². The summed E-state index contributed by atoms with van der Waals surface area (Å²) in [4.78, 5) is 20.8. The highest BCUT2D eigenvalue weighted by atomic mass is 16.2. The maximum Gasteiger partial charge on any atom is 0.234 e. The van der Waals surface area contributed by atoms with Gasteiger partial charge in [0.1, 0.15) is 5.82 Å². The molecule has 1 aliphatic heterocycles. The van der Waals surface area contributed by atoms with Crippen LogP contribution in [-0.4, -0.2) is 55.1 Å². The molecule has 0 unspecified atom stereocenters. The molecular weight excluding hydrogens is 312 g/mol. The van der Waals surface area contributed by atoms with Crippen LogP contribution < -0.4 is 10.2 Å². The van der Waals surface area contributed by atoms with E-state index in [1.807, 2.05) is 54.7 Å². The summed E-state index contributed by atoms with van der Waals surface area (Å²) in [5.74, 6) is 7.04. The Morgan fingerprint density at radius 1 is 1.04 bits per heavy atom. The molecule has 1 aromatic heterocycles. The van der Waals surface area contributed by atoms with Gasteiger partial charge in [0.15, 0.2) is 0 Å². The second kappa shape index (κ2) is 8.86. The van der Waals surface area contributed by atoms with Gasteiger partial charge in [0.05, 0.1) is 13.1 Å². The van der Waals surface area contributed by atoms with Crippen molar-refractivity contribution in [2.75, 3.05) is 44.2 Å². The van der Waals surface area contributed by atoms with E-state index in [0.717, 1.165) is 37.6 Å². The second-order valence-electron chi connectivity index (χ2n) is 5.90. The molecule has 0 spiro atoms. The van der Waals surface area contributed by atoms with Crippen molar-refractivity contribution in [3.63, 3.8) is 0 Å². The van der Waals surface area contributed by atoms with Gasteiger partial charge in [-0.3, -0.25) is 9.69 Å². The number of aromatic nitrogens is 1. The van der Waals surface area contributed by atoms with Crippen LogP contribution in [0.3, 0.4) is 0 Å². The van der Waals surface area contributed by atoms with Crippen molar-refractivity contribution in [2.24, 2.45) is 0 Å². The highest BCUT2D eigenvalue weighted by Gasteiger charge is 2.19. The van der Waals surface area contributed by atoms with Gasteiger partial charge >= 0.3 is 0 Å². The number of hydrogen-bond donors (Lipinski definition) is 1. The fourth-order valence-corrected chi connectivity index (χ4v) is 2.75. The normalized spacial score (nSPS) is 14.5. The predicted molar refractivity (Wildman–Crippen MR) is 99.2 cm³/mol. The molecule has 1 fully saturated rings. The van der Waals surface area contributed by atoms with Gasteiger partial charge in [-0.25, -0.2) is 4.98 Å². The van der Waals surface area contributed by atoms with Crippen LogP contribution in [0.2, 0.25) is 0 Å². The first-order valence-corrected chi connectivity index (χ1v) is 8.50. The topological polar surface area (TPSA) is 48.5 Å². The van der Waals surface area contributed by atoms with Crippen molar-refractivity contribution in [1.29, 1.82) is 0 Å². The summed E-state index contributed by atoms with van der Waals surface area (Å²) < 4.78 is 0. The quantitative estimate of drug-likeness (QED) is 0.858. The van der Waals surface area contributed by atoms with Gasteiger partial charge in [0.2, 0.25) is 5.91 Å². The maximum atomic E-state index is 12.0. The van der Waals surface area contributed by atoms with E-state index in [4.69, 9.17) is 0 Å². The predicted octanol–water partition coefficient (Wildman–Crippen LogP) is 1.37. The van der Waals surface area contributed by atoms with E-state index in [0.29, 0.717) is 13.1 Å². The third kappa shape index (κ3) is 5.33. The summed E-state index contributed by atoms with van der Waals surface area (Å²) in [7, 11) is 0. The minimum Gasteiger partial charge on any atom is -0.354 e. The first kappa shape index (κ1) is 17.0. The van der Waals surface area contributed by atoms with Crippen LogP contribution in [0, 0.1) is 11.8 Å². The summed E-state index contributed by atoms with van der Waals surface area (Å²) in [6, 6.07) is 15.7. The first-order chi connectivity index (χ1) is 12.3. The Morgan fingerprint density at radius 3 is 2.52 bits per heavy atom. The molecule has 25 heavy (non-hydrogen) atoms. The molecule has 0 aliphatic carbocycles. The van der Waals surface area contributed by atoms with Gasteiger partial charge < -0.3 is 10.2 Å². The Balaban J connectivity index is 1.37. The Bertz CT molecular complexity index is 729. The molecular formula is C20H22N4O. The van der Waals surface area contributed by atoms with Crippen LogP contribution >= 0.6 is 0 Å². The molecule has 3 rings (SSSR count). The molecule has 1 saturated heterocycles. The zero-order chi connectivity index (χ0) is 17.3. The molecule has 5 heteroatoms. The zero-order valence-electron chi connectivity index (χ0n) is 14.2. The molecule has 0 saturated carbocycles. The largest absolute Gasteiger partial charge is 0.354 e. The molecule has 0 bridgehead atoms. The van der Waals surface area contributed by atoms with Crippen molar-refractivity contribution in [3.8, 4) is 11.8 Å². The summed E-state index contributed by atoms with van der Waals surface area (Å²) in [5, 5.41) is 2.86. The average molecular weight is 334 g/mol. The van der Waals surface area contributed by atoms with E-state index in [2.05, 4.69) is 31.9 Å². The summed E-state index contributed by atoms with van der Waals surface area (Å²) in [6.45, 7) is 4.29. The minimum absolute atomic E-state index is 0.0219. The monoisotopic (exact) mass is 334 g/mol. The third-order valence-corrected chi connectivity index (χ3v) is 4.09. The highest BCUT2D eigenvalue weighted by Crippen LogP contribution is 2.12. The Hall–Kier alpha value is -2.84. The number of nitrogens with zero attached hydrogens (tertiary/aromatic N) is 3. The standard InChI is InChI=1S/C20H22N4O/c25-20(22-12-6-9-18-7-2-1-3-8-18)17-23-13-15-24(16-14-23)19-10-4-5-11-21-19/h1-5,7-8,10-11H,12-17H2,(H,22,25). The Kier molecular flexibility index (Phi) is 6.02. The van der Waals surface area contributed by atoms with Crippen molar-refractivity contribution in [1.82, 2.24) is 15.2 Å². The number of anilines is 1. The van der Waals surface area contributed by atoms with Crippen LogP contribution in [0.15, 0.2) is 54.7 Å². The zero-order valence-corrected chi connectivity index (χ0v) is 14.2. The number of hydrogen-bond acceptors (Lipinski definition) is 4. The lowest BCUT2D eigenvalue weighted by molar-refractivity contribution is -0.122. The SMILES string of the molecule is O=C(CN1CCN(c2ccccn2)CC1)NCC#Cc1ccccc1. The van der Waals surface area contributed by atoms with Crippen LogP contribution in [0.5, 0.6) is 0 Å². The highest BCUT2D eigenvalue weighted by molar-refractivity contribution is 5.78. The molecule has 128 valence electrons. The van der Waals surface area contributed by atoms with Gasteiger partial charge in [-0.1, -0.05) is 36.1 Å². The van der Waals surface area contributed by atoms with E-state index >= 15 is 0 Å².